The van der Waals surface area contributed by atoms with E-state index in [0.29, 0.717) is 6.42 Å². The van der Waals surface area contributed by atoms with Crippen molar-refractivity contribution in [1.82, 2.24) is 30.0 Å². The van der Waals surface area contributed by atoms with Crippen LogP contribution in [0.2, 0.25) is 0 Å². The van der Waals surface area contributed by atoms with Crippen molar-refractivity contribution in [3.8, 4) is 17.1 Å². The van der Waals surface area contributed by atoms with Crippen molar-refractivity contribution in [3.05, 3.63) is 46.4 Å². The largest absolute Gasteiger partial charge is 0.353 e. The van der Waals surface area contributed by atoms with Crippen LogP contribution in [0.4, 0.5) is 4.39 Å². The van der Waals surface area contributed by atoms with E-state index in [1.54, 1.807) is 0 Å². The Labute approximate surface area is 170 Å². The fourth-order valence-corrected chi connectivity index (χ4v) is 2.98. The SMILES string of the molecule is CCC(CCl)n1oc(-n2ncc(C(=O)NC(C)C)n2)c(-c2ccc(F)cn2)c1=O. The number of rotatable bonds is 7. The van der Waals surface area contributed by atoms with Crippen LogP contribution in [0.5, 0.6) is 0 Å². The lowest BCUT2D eigenvalue weighted by atomic mass is 10.2. The highest BCUT2D eigenvalue weighted by atomic mass is 35.5. The van der Waals surface area contributed by atoms with Gasteiger partial charge in [0, 0.05) is 11.9 Å². The second-order valence-corrected chi connectivity index (χ2v) is 6.94. The summed E-state index contributed by atoms with van der Waals surface area (Å²) in [6.45, 7) is 5.49. The van der Waals surface area contributed by atoms with Crippen molar-refractivity contribution in [1.29, 1.82) is 0 Å². The number of aromatic nitrogens is 5. The maximum atomic E-state index is 13.3. The summed E-state index contributed by atoms with van der Waals surface area (Å²) in [5.41, 5.74) is -0.225. The Balaban J connectivity index is 2.14. The standard InChI is InChI=1S/C18H20ClFN6O3/c1-4-12(7-19)25-17(28)15(13-6-5-11(20)8-21-13)18(29-25)26-22-9-14(24-26)16(27)23-10(2)3/h5-6,8-10,12H,4,7H2,1-3H3,(H,23,27). The van der Waals surface area contributed by atoms with Crippen molar-refractivity contribution in [2.24, 2.45) is 0 Å². The smallest absolute Gasteiger partial charge is 0.294 e. The number of alkyl halides is 1. The Morgan fingerprint density at radius 1 is 1.34 bits per heavy atom. The Morgan fingerprint density at radius 2 is 2.10 bits per heavy atom. The molecule has 3 aromatic rings. The molecule has 0 radical (unpaired) electrons. The van der Waals surface area contributed by atoms with E-state index in [9.17, 15) is 14.0 Å². The minimum atomic E-state index is -0.545. The Bertz CT molecular complexity index is 1050. The topological polar surface area (TPSA) is 108 Å². The van der Waals surface area contributed by atoms with Gasteiger partial charge in [0.25, 0.3) is 17.4 Å². The Kier molecular flexibility index (Phi) is 6.12. The van der Waals surface area contributed by atoms with Gasteiger partial charge >= 0.3 is 0 Å². The van der Waals surface area contributed by atoms with Crippen LogP contribution in [0.15, 0.2) is 33.8 Å². The van der Waals surface area contributed by atoms with Gasteiger partial charge in [0.05, 0.1) is 24.1 Å². The van der Waals surface area contributed by atoms with E-state index >= 15 is 0 Å². The Morgan fingerprint density at radius 3 is 2.69 bits per heavy atom. The number of hydrogen-bond donors (Lipinski definition) is 1. The summed E-state index contributed by atoms with van der Waals surface area (Å²) in [5.74, 6) is -0.854. The highest BCUT2D eigenvalue weighted by Crippen LogP contribution is 2.24. The summed E-state index contributed by atoms with van der Waals surface area (Å²) in [7, 11) is 0. The van der Waals surface area contributed by atoms with Gasteiger partial charge in [-0.1, -0.05) is 6.92 Å². The molecule has 11 heteroatoms. The molecule has 1 N–H and O–H groups in total. The van der Waals surface area contributed by atoms with Crippen LogP contribution in [0.3, 0.4) is 0 Å². The monoisotopic (exact) mass is 422 g/mol. The molecule has 0 spiro atoms. The number of nitrogens with zero attached hydrogens (tertiary/aromatic N) is 5. The maximum absolute atomic E-state index is 13.3. The van der Waals surface area contributed by atoms with Gasteiger partial charge in [-0.3, -0.25) is 14.6 Å². The molecule has 0 saturated carbocycles. The third-order valence-corrected chi connectivity index (χ3v) is 4.46. The number of carbonyl (C=O) groups excluding carboxylic acids is 1. The number of carbonyl (C=O) groups is 1. The Hall–Kier alpha value is -3.01. The molecule has 1 amide bonds. The first kappa shape index (κ1) is 20.7. The molecule has 3 rings (SSSR count). The van der Waals surface area contributed by atoms with E-state index in [-0.39, 0.29) is 34.8 Å². The zero-order chi connectivity index (χ0) is 21.1. The molecule has 0 aromatic carbocycles. The number of hydrogen-bond acceptors (Lipinski definition) is 6. The van der Waals surface area contributed by atoms with E-state index in [1.165, 1.54) is 18.3 Å². The van der Waals surface area contributed by atoms with Gasteiger partial charge in [-0.15, -0.1) is 21.5 Å². The molecule has 9 nitrogen and oxygen atoms in total. The highest BCUT2D eigenvalue weighted by Gasteiger charge is 2.27. The van der Waals surface area contributed by atoms with Crippen molar-refractivity contribution in [2.45, 2.75) is 39.3 Å². The van der Waals surface area contributed by atoms with Crippen LogP contribution in [0, 0.1) is 5.82 Å². The first-order valence-electron chi connectivity index (χ1n) is 9.03. The molecule has 29 heavy (non-hydrogen) atoms. The van der Waals surface area contributed by atoms with Gasteiger partial charge in [0.1, 0.15) is 11.4 Å². The maximum Gasteiger partial charge on any atom is 0.294 e. The molecular formula is C18H20ClFN6O3. The van der Waals surface area contributed by atoms with E-state index in [4.69, 9.17) is 16.1 Å². The fraction of sp³-hybridized carbons (Fsp3) is 0.389. The lowest BCUT2D eigenvalue weighted by molar-refractivity contribution is 0.0937. The van der Waals surface area contributed by atoms with Crippen molar-refractivity contribution in [3.63, 3.8) is 0 Å². The van der Waals surface area contributed by atoms with E-state index in [1.807, 2.05) is 20.8 Å². The van der Waals surface area contributed by atoms with Gasteiger partial charge in [-0.2, -0.15) is 9.84 Å². The molecule has 0 aliphatic carbocycles. The lowest BCUT2D eigenvalue weighted by Crippen LogP contribution is -2.30. The highest BCUT2D eigenvalue weighted by molar-refractivity contribution is 6.18. The van der Waals surface area contributed by atoms with E-state index < -0.39 is 23.3 Å². The molecule has 154 valence electrons. The molecule has 0 fully saturated rings. The summed E-state index contributed by atoms with van der Waals surface area (Å²) in [5, 5.41) is 10.9. The van der Waals surface area contributed by atoms with Gasteiger partial charge in [0.2, 0.25) is 0 Å². The number of nitrogens with one attached hydrogen (secondary N) is 1. The third-order valence-electron chi connectivity index (χ3n) is 4.10. The van der Waals surface area contributed by atoms with Crippen molar-refractivity contribution >= 4 is 17.5 Å². The molecule has 1 atom stereocenters. The molecule has 3 aromatic heterocycles. The molecular weight excluding hydrogens is 403 g/mol. The number of pyridine rings is 1. The molecule has 0 aliphatic rings. The van der Waals surface area contributed by atoms with Crippen LogP contribution >= 0.6 is 11.6 Å². The van der Waals surface area contributed by atoms with Crippen LogP contribution in [0.1, 0.15) is 43.7 Å². The predicted octanol–water partition coefficient (Wildman–Crippen LogP) is 2.55. The first-order chi connectivity index (χ1) is 13.8. The first-order valence-corrected chi connectivity index (χ1v) is 9.56. The second-order valence-electron chi connectivity index (χ2n) is 6.63. The van der Waals surface area contributed by atoms with Crippen LogP contribution < -0.4 is 10.9 Å². The van der Waals surface area contributed by atoms with E-state index in [2.05, 4.69) is 20.5 Å². The minimum Gasteiger partial charge on any atom is -0.353 e. The molecule has 0 bridgehead atoms. The average Bonchev–Trinajstić information content (AvgIpc) is 3.29. The zero-order valence-electron chi connectivity index (χ0n) is 16.1. The van der Waals surface area contributed by atoms with Crippen molar-refractivity contribution in [2.75, 3.05) is 5.88 Å². The lowest BCUT2D eigenvalue weighted by Gasteiger charge is -2.09. The van der Waals surface area contributed by atoms with Gasteiger partial charge < -0.3 is 9.84 Å². The normalized spacial score (nSPS) is 12.3. The van der Waals surface area contributed by atoms with Gasteiger partial charge in [-0.25, -0.2) is 4.39 Å². The van der Waals surface area contributed by atoms with E-state index in [0.717, 1.165) is 15.7 Å². The third kappa shape index (κ3) is 4.21. The zero-order valence-corrected chi connectivity index (χ0v) is 16.9. The average molecular weight is 423 g/mol. The molecule has 3 heterocycles. The van der Waals surface area contributed by atoms with Gasteiger partial charge in [-0.05, 0) is 32.4 Å². The summed E-state index contributed by atoms with van der Waals surface area (Å²) in [4.78, 5) is 30.2. The quantitative estimate of drug-likeness (QED) is 0.586. The minimum absolute atomic E-state index is 0.0405. The number of halogens is 2. The summed E-state index contributed by atoms with van der Waals surface area (Å²) < 4.78 is 20.2. The summed E-state index contributed by atoms with van der Waals surface area (Å²) in [6.07, 6.45) is 2.80. The fourth-order valence-electron chi connectivity index (χ4n) is 2.64. The molecule has 1 unspecified atom stereocenters. The summed E-state index contributed by atoms with van der Waals surface area (Å²) >= 11 is 5.97. The summed E-state index contributed by atoms with van der Waals surface area (Å²) in [6, 6.07) is 2.04. The molecule has 0 aliphatic heterocycles. The molecule has 0 saturated heterocycles. The van der Waals surface area contributed by atoms with Crippen LogP contribution in [-0.2, 0) is 0 Å². The van der Waals surface area contributed by atoms with Gasteiger partial charge in [0.15, 0.2) is 5.69 Å². The van der Waals surface area contributed by atoms with Crippen LogP contribution in [0.25, 0.3) is 17.1 Å². The second kappa shape index (κ2) is 8.56. The number of amides is 1. The predicted molar refractivity (Wildman–Crippen MR) is 104 cm³/mol. The van der Waals surface area contributed by atoms with Crippen molar-refractivity contribution < 1.29 is 13.7 Å². The van der Waals surface area contributed by atoms with Crippen LogP contribution in [-0.4, -0.2) is 42.5 Å².